The molecule has 0 aliphatic heterocycles. The highest BCUT2D eigenvalue weighted by Gasteiger charge is 2.30. The Labute approximate surface area is 88.5 Å². The first-order valence-electron chi connectivity index (χ1n) is 3.93. The minimum Gasteiger partial charge on any atom is -1.00 e. The summed E-state index contributed by atoms with van der Waals surface area (Å²) in [5, 5.41) is 17.4. The van der Waals surface area contributed by atoms with Gasteiger partial charge in [-0.15, -0.1) is 0 Å². The number of rotatable bonds is 4. The predicted octanol–water partition coefficient (Wildman–Crippen LogP) is -3.76. The van der Waals surface area contributed by atoms with Crippen LogP contribution in [-0.4, -0.2) is 47.2 Å². The molecule has 2 amide bonds. The number of carbonyl (C=O) groups excluding carboxylic acids is 1. The lowest BCUT2D eigenvalue weighted by atomic mass is 10.3. The van der Waals surface area contributed by atoms with Crippen molar-refractivity contribution < 1.29 is 36.5 Å². The summed E-state index contributed by atoms with van der Waals surface area (Å²) in [6.45, 7) is 2.37. The van der Waals surface area contributed by atoms with Crippen LogP contribution < -0.4 is 22.7 Å². The Hall–Kier alpha value is -0.170. The minimum atomic E-state index is -1.49. The highest BCUT2D eigenvalue weighted by molar-refractivity contribution is 5.64. The summed E-state index contributed by atoms with van der Waals surface area (Å²) in [4.78, 5) is 10.9. The third kappa shape index (κ3) is 5.20. The lowest BCUT2D eigenvalue weighted by Gasteiger charge is -2.29. The molecule has 4 N–H and O–H groups in total. The van der Waals surface area contributed by atoms with E-state index in [2.05, 4.69) is 0 Å². The van der Waals surface area contributed by atoms with E-state index in [0.717, 1.165) is 6.42 Å². The van der Waals surface area contributed by atoms with Crippen molar-refractivity contribution in [3.63, 3.8) is 0 Å². The van der Waals surface area contributed by atoms with Crippen LogP contribution >= 0.6 is 0 Å². The number of nitrogens with two attached hydrogens (primary N) is 1. The van der Waals surface area contributed by atoms with E-state index in [1.54, 1.807) is 7.05 Å². The van der Waals surface area contributed by atoms with Crippen LogP contribution in [0.5, 0.6) is 0 Å². The van der Waals surface area contributed by atoms with Crippen molar-refractivity contribution in [1.82, 2.24) is 0 Å². The van der Waals surface area contributed by atoms with Gasteiger partial charge in [-0.1, -0.05) is 6.92 Å². The van der Waals surface area contributed by atoms with E-state index in [1.165, 1.54) is 0 Å². The van der Waals surface area contributed by atoms with E-state index in [1.807, 2.05) is 6.92 Å². The summed E-state index contributed by atoms with van der Waals surface area (Å²) in [5.74, 6) is 0. The highest BCUT2D eigenvalue weighted by Crippen LogP contribution is 2.04. The predicted molar refractivity (Wildman–Crippen MR) is 44.0 cm³/mol. The molecule has 0 saturated carbocycles. The molecule has 0 aromatic rings. The number of hydrogen-bond donors (Lipinski definition) is 3. The van der Waals surface area contributed by atoms with Crippen molar-refractivity contribution in [2.45, 2.75) is 19.6 Å². The molecule has 1 atom stereocenters. The highest BCUT2D eigenvalue weighted by atomic mass is 79.9. The minimum absolute atomic E-state index is 0. The fraction of sp³-hybridized carbons (Fsp3) is 0.857. The fourth-order valence-corrected chi connectivity index (χ4v) is 1.15. The fourth-order valence-electron chi connectivity index (χ4n) is 1.15. The molecular weight excluding hydrogens is 240 g/mol. The molecule has 0 heterocycles. The summed E-state index contributed by atoms with van der Waals surface area (Å²) in [7, 11) is 1.59. The SMILES string of the molecule is CCC[N+](C)(CC(O)O)C(N)=O.[Br-]. The average molecular weight is 257 g/mol. The Bertz CT molecular complexity index is 166. The number of likely N-dealkylation sites (N-methyl/N-ethyl adjacent to an activating group) is 1. The lowest BCUT2D eigenvalue weighted by molar-refractivity contribution is -0.836. The van der Waals surface area contributed by atoms with E-state index in [-0.39, 0.29) is 28.0 Å². The summed E-state index contributed by atoms with van der Waals surface area (Å²) in [6, 6.07) is -0.537. The summed E-state index contributed by atoms with van der Waals surface area (Å²) < 4.78 is -0.131. The molecule has 80 valence electrons. The summed E-state index contributed by atoms with van der Waals surface area (Å²) >= 11 is 0. The maximum atomic E-state index is 10.9. The Morgan fingerprint density at radius 3 is 2.23 bits per heavy atom. The lowest BCUT2D eigenvalue weighted by Crippen LogP contribution is -3.00. The van der Waals surface area contributed by atoms with Crippen LogP contribution in [-0.2, 0) is 0 Å². The number of aliphatic hydroxyl groups is 2. The largest absolute Gasteiger partial charge is 1.00 e. The Balaban J connectivity index is 0. The van der Waals surface area contributed by atoms with E-state index < -0.39 is 12.3 Å². The maximum absolute atomic E-state index is 10.9. The number of amides is 2. The van der Waals surface area contributed by atoms with Gasteiger partial charge in [0.2, 0.25) is 6.29 Å². The van der Waals surface area contributed by atoms with Crippen molar-refractivity contribution in [3.05, 3.63) is 0 Å². The molecule has 0 saturated heterocycles. The number of nitrogens with zero attached hydrogens (tertiary/aromatic N) is 1. The third-order valence-corrected chi connectivity index (χ3v) is 1.82. The Kier molecular flexibility index (Phi) is 7.43. The topological polar surface area (TPSA) is 83.6 Å². The number of halogens is 1. The monoisotopic (exact) mass is 256 g/mol. The second-order valence-electron chi connectivity index (χ2n) is 3.12. The number of urea groups is 1. The molecule has 5 nitrogen and oxygen atoms in total. The van der Waals surface area contributed by atoms with E-state index >= 15 is 0 Å². The van der Waals surface area contributed by atoms with Gasteiger partial charge in [0, 0.05) is 0 Å². The smallest absolute Gasteiger partial charge is 0.413 e. The van der Waals surface area contributed by atoms with Crippen LogP contribution in [0, 0.1) is 0 Å². The molecule has 0 bridgehead atoms. The zero-order valence-electron chi connectivity index (χ0n) is 7.90. The Morgan fingerprint density at radius 2 is 2.00 bits per heavy atom. The van der Waals surface area contributed by atoms with Gasteiger partial charge < -0.3 is 32.9 Å². The van der Waals surface area contributed by atoms with Gasteiger partial charge >= 0.3 is 6.03 Å². The zero-order valence-corrected chi connectivity index (χ0v) is 9.49. The molecule has 0 radical (unpaired) electrons. The van der Waals surface area contributed by atoms with Gasteiger partial charge in [0.25, 0.3) is 0 Å². The van der Waals surface area contributed by atoms with Gasteiger partial charge in [-0.2, -0.15) is 0 Å². The molecular formula is C7H17BrN2O3. The maximum Gasteiger partial charge on any atom is 0.413 e. The quantitative estimate of drug-likeness (QED) is 0.357. The first kappa shape index (κ1) is 15.3. The second kappa shape index (κ2) is 6.31. The van der Waals surface area contributed by atoms with Gasteiger partial charge in [0.1, 0.15) is 6.54 Å². The van der Waals surface area contributed by atoms with Crippen molar-refractivity contribution in [3.8, 4) is 0 Å². The van der Waals surface area contributed by atoms with Crippen molar-refractivity contribution in [2.24, 2.45) is 5.73 Å². The number of carbonyl (C=O) groups is 1. The van der Waals surface area contributed by atoms with Crippen LogP contribution in [0.1, 0.15) is 13.3 Å². The summed E-state index contributed by atoms with van der Waals surface area (Å²) in [5.41, 5.74) is 5.12. The molecule has 0 aliphatic carbocycles. The molecule has 0 spiro atoms. The first-order chi connectivity index (χ1) is 5.42. The normalized spacial score (nSPS) is 14.8. The van der Waals surface area contributed by atoms with Crippen LogP contribution in [0.3, 0.4) is 0 Å². The first-order valence-corrected chi connectivity index (χ1v) is 3.93. The molecule has 0 aromatic carbocycles. The van der Waals surface area contributed by atoms with Crippen LogP contribution in [0.15, 0.2) is 0 Å². The van der Waals surface area contributed by atoms with Crippen molar-refractivity contribution >= 4 is 6.03 Å². The molecule has 6 heteroatoms. The number of hydrogen-bond acceptors (Lipinski definition) is 3. The van der Waals surface area contributed by atoms with Gasteiger partial charge in [-0.05, 0) is 6.42 Å². The third-order valence-electron chi connectivity index (χ3n) is 1.82. The molecule has 0 fully saturated rings. The van der Waals surface area contributed by atoms with E-state index in [0.29, 0.717) is 6.54 Å². The average Bonchev–Trinajstić information content (AvgIpc) is 1.85. The number of primary amides is 1. The van der Waals surface area contributed by atoms with Crippen molar-refractivity contribution in [2.75, 3.05) is 20.1 Å². The van der Waals surface area contributed by atoms with Crippen LogP contribution in [0.25, 0.3) is 0 Å². The standard InChI is InChI=1S/C7H16N2O3.BrH/c1-3-4-9(2,7(8)12)5-6(10)11;/h6,10-11H,3-5H2,1-2H3,(H-,8,12);1H. The molecule has 0 aromatic heterocycles. The van der Waals surface area contributed by atoms with E-state index in [9.17, 15) is 4.79 Å². The van der Waals surface area contributed by atoms with Crippen LogP contribution in [0.2, 0.25) is 0 Å². The summed E-state index contributed by atoms with van der Waals surface area (Å²) in [6.07, 6.45) is -0.722. The number of aliphatic hydroxyl groups excluding tert-OH is 1. The van der Waals surface area contributed by atoms with Crippen LogP contribution in [0.4, 0.5) is 4.79 Å². The molecule has 1 unspecified atom stereocenters. The Morgan fingerprint density at radius 1 is 1.54 bits per heavy atom. The van der Waals surface area contributed by atoms with Gasteiger partial charge in [0.15, 0.2) is 0 Å². The molecule has 0 rings (SSSR count). The second-order valence-corrected chi connectivity index (χ2v) is 3.12. The van der Waals surface area contributed by atoms with E-state index in [4.69, 9.17) is 15.9 Å². The van der Waals surface area contributed by atoms with Crippen molar-refractivity contribution in [1.29, 1.82) is 0 Å². The van der Waals surface area contributed by atoms with Gasteiger partial charge in [-0.25, -0.2) is 9.28 Å². The number of quaternary nitrogens is 1. The molecule has 13 heavy (non-hydrogen) atoms. The molecule has 0 aliphatic rings. The van der Waals surface area contributed by atoms with Gasteiger partial charge in [0.05, 0.1) is 13.6 Å². The van der Waals surface area contributed by atoms with Gasteiger partial charge in [-0.3, -0.25) is 0 Å². The zero-order chi connectivity index (χ0) is 9.78.